The Morgan fingerprint density at radius 2 is 1.83 bits per heavy atom. The molecule has 1 aromatic carbocycles. The van der Waals surface area contributed by atoms with E-state index in [9.17, 15) is 4.39 Å². The lowest BCUT2D eigenvalue weighted by molar-refractivity contribution is 0.627. The third kappa shape index (κ3) is 2.62. The quantitative estimate of drug-likeness (QED) is 0.898. The summed E-state index contributed by atoms with van der Waals surface area (Å²) >= 11 is 0. The highest BCUT2D eigenvalue weighted by Crippen LogP contribution is 2.22. The molecule has 0 spiro atoms. The molecule has 0 aliphatic carbocycles. The van der Waals surface area contributed by atoms with Crippen molar-refractivity contribution in [2.75, 3.05) is 11.4 Å². The topological polar surface area (TPSA) is 55.0 Å². The highest BCUT2D eigenvalue weighted by atomic mass is 19.1. The first-order valence-electron chi connectivity index (χ1n) is 5.80. The molecule has 18 heavy (non-hydrogen) atoms. The number of halogens is 1. The minimum absolute atomic E-state index is 0.251. The predicted molar refractivity (Wildman–Crippen MR) is 69.0 cm³/mol. The van der Waals surface area contributed by atoms with Crippen LogP contribution in [0.3, 0.4) is 0 Å². The fourth-order valence-electron chi connectivity index (χ4n) is 1.70. The normalized spacial score (nSPS) is 10.4. The second-order valence-electron chi connectivity index (χ2n) is 3.81. The van der Waals surface area contributed by atoms with Gasteiger partial charge in [0.05, 0.1) is 5.69 Å². The molecule has 0 aliphatic rings. The minimum Gasteiger partial charge on any atom is -0.325 e. The molecule has 0 saturated heterocycles. The van der Waals surface area contributed by atoms with E-state index < -0.39 is 0 Å². The molecule has 0 amide bonds. The van der Waals surface area contributed by atoms with Crippen molar-refractivity contribution in [2.24, 2.45) is 5.73 Å². The highest BCUT2D eigenvalue weighted by molar-refractivity contribution is 5.59. The van der Waals surface area contributed by atoms with Crippen LogP contribution in [0.2, 0.25) is 0 Å². The van der Waals surface area contributed by atoms with Gasteiger partial charge in [0.2, 0.25) is 0 Å². The van der Waals surface area contributed by atoms with E-state index in [0.717, 1.165) is 23.7 Å². The van der Waals surface area contributed by atoms with Crippen LogP contribution in [0.25, 0.3) is 0 Å². The summed E-state index contributed by atoms with van der Waals surface area (Å²) in [6, 6.07) is 10.0. The monoisotopic (exact) mass is 246 g/mol. The van der Waals surface area contributed by atoms with Crippen LogP contribution in [0.15, 0.2) is 36.4 Å². The molecule has 0 atom stereocenters. The summed E-state index contributed by atoms with van der Waals surface area (Å²) in [4.78, 5) is 1.95. The van der Waals surface area contributed by atoms with Crippen molar-refractivity contribution in [3.05, 3.63) is 47.9 Å². The lowest BCUT2D eigenvalue weighted by Gasteiger charge is -2.21. The van der Waals surface area contributed by atoms with Crippen molar-refractivity contribution in [3.63, 3.8) is 0 Å². The van der Waals surface area contributed by atoms with Gasteiger partial charge in [-0.15, -0.1) is 5.10 Å². The maximum absolute atomic E-state index is 12.9. The summed E-state index contributed by atoms with van der Waals surface area (Å²) in [5, 5.41) is 8.14. The van der Waals surface area contributed by atoms with Crippen LogP contribution in [0, 0.1) is 5.82 Å². The van der Waals surface area contributed by atoms with E-state index >= 15 is 0 Å². The lowest BCUT2D eigenvalue weighted by Crippen LogP contribution is -2.18. The van der Waals surface area contributed by atoms with Crippen molar-refractivity contribution >= 4 is 11.5 Å². The van der Waals surface area contributed by atoms with Gasteiger partial charge in [0.25, 0.3) is 0 Å². The zero-order valence-corrected chi connectivity index (χ0v) is 10.2. The van der Waals surface area contributed by atoms with Crippen LogP contribution in [-0.4, -0.2) is 16.7 Å². The smallest absolute Gasteiger partial charge is 0.155 e. The Hall–Kier alpha value is -2.01. The van der Waals surface area contributed by atoms with Crippen molar-refractivity contribution in [2.45, 2.75) is 13.5 Å². The zero-order valence-electron chi connectivity index (χ0n) is 10.2. The van der Waals surface area contributed by atoms with Gasteiger partial charge < -0.3 is 10.6 Å². The molecule has 0 unspecified atom stereocenters. The van der Waals surface area contributed by atoms with Gasteiger partial charge in [0, 0.05) is 18.8 Å². The van der Waals surface area contributed by atoms with E-state index in [1.165, 1.54) is 12.1 Å². The standard InChI is InChI=1S/C13H15FN4/c1-2-18(12-6-3-10(14)4-7-12)13-8-5-11(9-15)16-17-13/h3-8H,2,9,15H2,1H3. The minimum atomic E-state index is -0.251. The van der Waals surface area contributed by atoms with Gasteiger partial charge in [0.15, 0.2) is 5.82 Å². The molecule has 5 heteroatoms. The summed E-state index contributed by atoms with van der Waals surface area (Å²) in [5.41, 5.74) is 7.11. The number of hydrogen-bond donors (Lipinski definition) is 1. The van der Waals surface area contributed by atoms with Gasteiger partial charge in [-0.1, -0.05) is 0 Å². The van der Waals surface area contributed by atoms with E-state index in [-0.39, 0.29) is 5.82 Å². The molecular weight excluding hydrogens is 231 g/mol. The lowest BCUT2D eigenvalue weighted by atomic mass is 10.2. The van der Waals surface area contributed by atoms with Gasteiger partial charge >= 0.3 is 0 Å². The summed E-state index contributed by atoms with van der Waals surface area (Å²) in [5.74, 6) is 0.473. The molecule has 0 aliphatic heterocycles. The number of aromatic nitrogens is 2. The molecule has 94 valence electrons. The van der Waals surface area contributed by atoms with Gasteiger partial charge in [-0.2, -0.15) is 5.10 Å². The predicted octanol–water partition coefficient (Wildman–Crippen LogP) is 2.23. The Morgan fingerprint density at radius 1 is 1.11 bits per heavy atom. The molecule has 2 aromatic rings. The Morgan fingerprint density at radius 3 is 2.33 bits per heavy atom. The number of nitrogens with zero attached hydrogens (tertiary/aromatic N) is 3. The summed E-state index contributed by atoms with van der Waals surface area (Å²) in [6.45, 7) is 3.10. The van der Waals surface area contributed by atoms with Crippen LogP contribution in [-0.2, 0) is 6.54 Å². The molecule has 1 heterocycles. The first kappa shape index (κ1) is 12.4. The first-order valence-corrected chi connectivity index (χ1v) is 5.80. The van der Waals surface area contributed by atoms with E-state index in [0.29, 0.717) is 6.54 Å². The third-order valence-electron chi connectivity index (χ3n) is 2.65. The average Bonchev–Trinajstić information content (AvgIpc) is 2.42. The Labute approximate surface area is 105 Å². The molecule has 4 nitrogen and oxygen atoms in total. The molecule has 0 radical (unpaired) electrons. The fraction of sp³-hybridized carbons (Fsp3) is 0.231. The van der Waals surface area contributed by atoms with E-state index in [1.807, 2.05) is 24.0 Å². The maximum Gasteiger partial charge on any atom is 0.155 e. The van der Waals surface area contributed by atoms with E-state index in [4.69, 9.17) is 5.73 Å². The number of nitrogens with two attached hydrogens (primary N) is 1. The first-order chi connectivity index (χ1) is 8.74. The maximum atomic E-state index is 12.9. The molecule has 0 saturated carbocycles. The average molecular weight is 246 g/mol. The van der Waals surface area contributed by atoms with Crippen LogP contribution < -0.4 is 10.6 Å². The van der Waals surface area contributed by atoms with Crippen molar-refractivity contribution in [1.29, 1.82) is 0 Å². The Balaban J connectivity index is 2.29. The number of hydrogen-bond acceptors (Lipinski definition) is 4. The zero-order chi connectivity index (χ0) is 13.0. The fourth-order valence-corrected chi connectivity index (χ4v) is 1.70. The SMILES string of the molecule is CCN(c1ccc(F)cc1)c1ccc(CN)nn1. The second-order valence-corrected chi connectivity index (χ2v) is 3.81. The molecule has 0 fully saturated rings. The van der Waals surface area contributed by atoms with Crippen molar-refractivity contribution < 1.29 is 4.39 Å². The Bertz CT molecular complexity index is 495. The van der Waals surface area contributed by atoms with Gasteiger partial charge in [0.1, 0.15) is 5.82 Å². The Kier molecular flexibility index (Phi) is 3.84. The summed E-state index contributed by atoms with van der Waals surface area (Å²) < 4.78 is 12.9. The van der Waals surface area contributed by atoms with E-state index in [2.05, 4.69) is 10.2 Å². The van der Waals surface area contributed by atoms with Crippen molar-refractivity contribution in [3.8, 4) is 0 Å². The number of rotatable bonds is 4. The summed E-state index contributed by atoms with van der Waals surface area (Å²) in [6.07, 6.45) is 0. The highest BCUT2D eigenvalue weighted by Gasteiger charge is 2.09. The molecule has 2 rings (SSSR count). The number of anilines is 2. The third-order valence-corrected chi connectivity index (χ3v) is 2.65. The van der Waals surface area contributed by atoms with Crippen LogP contribution in [0.1, 0.15) is 12.6 Å². The van der Waals surface area contributed by atoms with Gasteiger partial charge in [-0.3, -0.25) is 0 Å². The molecular formula is C13H15FN4. The molecule has 1 aromatic heterocycles. The van der Waals surface area contributed by atoms with Gasteiger partial charge in [-0.05, 0) is 43.3 Å². The van der Waals surface area contributed by atoms with Crippen LogP contribution >= 0.6 is 0 Å². The van der Waals surface area contributed by atoms with Crippen LogP contribution in [0.4, 0.5) is 15.9 Å². The summed E-state index contributed by atoms with van der Waals surface area (Å²) in [7, 11) is 0. The van der Waals surface area contributed by atoms with Crippen molar-refractivity contribution in [1.82, 2.24) is 10.2 Å². The second kappa shape index (κ2) is 5.55. The van der Waals surface area contributed by atoms with E-state index in [1.54, 1.807) is 12.1 Å². The molecule has 2 N–H and O–H groups in total. The van der Waals surface area contributed by atoms with Gasteiger partial charge in [-0.25, -0.2) is 4.39 Å². The number of benzene rings is 1. The largest absolute Gasteiger partial charge is 0.325 e. The van der Waals surface area contributed by atoms with Crippen LogP contribution in [0.5, 0.6) is 0 Å². The molecule has 0 bridgehead atoms.